The van der Waals surface area contributed by atoms with E-state index in [-0.39, 0.29) is 11.3 Å². The minimum Gasteiger partial charge on any atom is -0.318 e. The lowest BCUT2D eigenvalue weighted by Gasteiger charge is -2.19. The minimum atomic E-state index is -0.0565. The molecule has 0 aromatic heterocycles. The van der Waals surface area contributed by atoms with Gasteiger partial charge in [0.1, 0.15) is 0 Å². The smallest absolute Gasteiger partial charge is 0.0837 e. The van der Waals surface area contributed by atoms with Gasteiger partial charge in [0.25, 0.3) is 0 Å². The van der Waals surface area contributed by atoms with E-state index in [0.29, 0.717) is 6.54 Å². The van der Waals surface area contributed by atoms with E-state index >= 15 is 0 Å². The van der Waals surface area contributed by atoms with Gasteiger partial charge < -0.3 is 5.32 Å². The predicted molar refractivity (Wildman–Crippen MR) is 67.4 cm³/mol. The zero-order valence-corrected chi connectivity index (χ0v) is 10.5. The topological polar surface area (TPSA) is 35.8 Å². The predicted octanol–water partition coefficient (Wildman–Crippen LogP) is 2.81. The van der Waals surface area contributed by atoms with Crippen LogP contribution in [-0.4, -0.2) is 13.6 Å². The van der Waals surface area contributed by atoms with E-state index in [2.05, 4.69) is 56.4 Å². The van der Waals surface area contributed by atoms with E-state index in [4.69, 9.17) is 5.26 Å². The molecule has 0 fully saturated rings. The molecule has 0 bridgehead atoms. The third-order valence-electron chi connectivity index (χ3n) is 2.74. The average Bonchev–Trinajstić information content (AvgIpc) is 2.25. The summed E-state index contributed by atoms with van der Waals surface area (Å²) in [6.07, 6.45) is 0. The van der Waals surface area contributed by atoms with Gasteiger partial charge in [0.05, 0.1) is 12.0 Å². The van der Waals surface area contributed by atoms with Crippen molar-refractivity contribution in [2.45, 2.75) is 32.1 Å². The molecule has 2 nitrogen and oxygen atoms in total. The van der Waals surface area contributed by atoms with E-state index in [1.807, 2.05) is 7.05 Å². The first-order valence-corrected chi connectivity index (χ1v) is 5.63. The van der Waals surface area contributed by atoms with Crippen molar-refractivity contribution >= 4 is 0 Å². The zero-order valence-electron chi connectivity index (χ0n) is 10.5. The number of nitrogens with one attached hydrogen (secondary N) is 1. The first-order valence-electron chi connectivity index (χ1n) is 5.63. The molecule has 0 amide bonds. The number of likely N-dealkylation sites (N-methyl/N-ethyl adjacent to an activating group) is 1. The first-order chi connectivity index (χ1) is 7.49. The Morgan fingerprint density at radius 1 is 1.25 bits per heavy atom. The number of hydrogen-bond acceptors (Lipinski definition) is 2. The summed E-state index contributed by atoms with van der Waals surface area (Å²) >= 11 is 0. The highest BCUT2D eigenvalue weighted by Crippen LogP contribution is 2.24. The van der Waals surface area contributed by atoms with Gasteiger partial charge in [0, 0.05) is 6.54 Å². The van der Waals surface area contributed by atoms with Crippen LogP contribution in [0.5, 0.6) is 0 Å². The van der Waals surface area contributed by atoms with Crippen LogP contribution in [0.4, 0.5) is 0 Å². The summed E-state index contributed by atoms with van der Waals surface area (Å²) in [5, 5.41) is 12.1. The molecule has 0 spiro atoms. The maximum Gasteiger partial charge on any atom is 0.0837 e. The van der Waals surface area contributed by atoms with E-state index in [9.17, 15) is 0 Å². The third kappa shape index (κ3) is 3.08. The minimum absolute atomic E-state index is 0.0565. The second kappa shape index (κ2) is 5.14. The molecule has 0 heterocycles. The summed E-state index contributed by atoms with van der Waals surface area (Å²) in [5.74, 6) is -0.0565. The highest BCUT2D eigenvalue weighted by molar-refractivity contribution is 5.32. The van der Waals surface area contributed by atoms with Gasteiger partial charge in [-0.15, -0.1) is 0 Å². The quantitative estimate of drug-likeness (QED) is 0.843. The van der Waals surface area contributed by atoms with Gasteiger partial charge in [-0.2, -0.15) is 5.26 Å². The first kappa shape index (κ1) is 12.7. The standard InChI is InChI=1S/C14H20N2/c1-14(2,3)13-7-5-11(6-8-13)12(9-15)10-16-4/h5-8,12,16H,10H2,1-4H3. The molecule has 0 aliphatic heterocycles. The van der Waals surface area contributed by atoms with E-state index in [1.54, 1.807) is 0 Å². The molecular formula is C14H20N2. The molecule has 0 saturated heterocycles. The van der Waals surface area contributed by atoms with Crippen LogP contribution in [0.1, 0.15) is 37.8 Å². The average molecular weight is 216 g/mol. The Labute approximate surface area is 98.3 Å². The van der Waals surface area contributed by atoms with Crippen LogP contribution in [0.3, 0.4) is 0 Å². The molecule has 0 radical (unpaired) electrons. The van der Waals surface area contributed by atoms with Gasteiger partial charge in [0.2, 0.25) is 0 Å². The summed E-state index contributed by atoms with van der Waals surface area (Å²) in [4.78, 5) is 0. The lowest BCUT2D eigenvalue weighted by atomic mass is 9.85. The third-order valence-corrected chi connectivity index (χ3v) is 2.74. The van der Waals surface area contributed by atoms with Crippen molar-refractivity contribution in [1.82, 2.24) is 5.32 Å². The van der Waals surface area contributed by atoms with Gasteiger partial charge in [-0.05, 0) is 23.6 Å². The van der Waals surface area contributed by atoms with Crippen molar-refractivity contribution < 1.29 is 0 Å². The van der Waals surface area contributed by atoms with Crippen LogP contribution in [0, 0.1) is 11.3 Å². The van der Waals surface area contributed by atoms with Gasteiger partial charge in [-0.3, -0.25) is 0 Å². The lowest BCUT2D eigenvalue weighted by molar-refractivity contribution is 0.589. The van der Waals surface area contributed by atoms with Crippen molar-refractivity contribution in [3.05, 3.63) is 35.4 Å². The number of rotatable bonds is 3. The summed E-state index contributed by atoms with van der Waals surface area (Å²) in [6, 6.07) is 10.7. The Morgan fingerprint density at radius 3 is 2.19 bits per heavy atom. The maximum absolute atomic E-state index is 9.05. The number of nitrogens with zero attached hydrogens (tertiary/aromatic N) is 1. The second-order valence-corrected chi connectivity index (χ2v) is 5.11. The number of hydrogen-bond donors (Lipinski definition) is 1. The van der Waals surface area contributed by atoms with Crippen molar-refractivity contribution in [2.75, 3.05) is 13.6 Å². The van der Waals surface area contributed by atoms with Crippen molar-refractivity contribution in [3.8, 4) is 6.07 Å². The van der Waals surface area contributed by atoms with Crippen molar-refractivity contribution in [3.63, 3.8) is 0 Å². The van der Waals surface area contributed by atoms with E-state index < -0.39 is 0 Å². The molecular weight excluding hydrogens is 196 g/mol. The monoisotopic (exact) mass is 216 g/mol. The summed E-state index contributed by atoms with van der Waals surface area (Å²) in [6.45, 7) is 7.28. The maximum atomic E-state index is 9.05. The molecule has 2 heteroatoms. The fourth-order valence-electron chi connectivity index (χ4n) is 1.66. The Morgan fingerprint density at radius 2 is 1.81 bits per heavy atom. The van der Waals surface area contributed by atoms with E-state index in [1.165, 1.54) is 5.56 Å². The van der Waals surface area contributed by atoms with Crippen LogP contribution in [0.25, 0.3) is 0 Å². The van der Waals surface area contributed by atoms with Crippen LogP contribution in [-0.2, 0) is 5.41 Å². The molecule has 1 atom stereocenters. The summed E-state index contributed by atoms with van der Waals surface area (Å²) < 4.78 is 0. The number of nitriles is 1. The fourth-order valence-corrected chi connectivity index (χ4v) is 1.66. The lowest BCUT2D eigenvalue weighted by Crippen LogP contribution is -2.16. The fraction of sp³-hybridized carbons (Fsp3) is 0.500. The second-order valence-electron chi connectivity index (χ2n) is 5.11. The molecule has 1 rings (SSSR count). The molecule has 0 aliphatic carbocycles. The SMILES string of the molecule is CNCC(C#N)c1ccc(C(C)(C)C)cc1. The Bertz CT molecular complexity index is 365. The molecule has 1 aromatic rings. The Balaban J connectivity index is 2.90. The van der Waals surface area contributed by atoms with Crippen LogP contribution < -0.4 is 5.32 Å². The van der Waals surface area contributed by atoms with Gasteiger partial charge in [-0.1, -0.05) is 45.0 Å². The van der Waals surface area contributed by atoms with Crippen molar-refractivity contribution in [2.24, 2.45) is 0 Å². The van der Waals surface area contributed by atoms with Crippen molar-refractivity contribution in [1.29, 1.82) is 5.26 Å². The summed E-state index contributed by atoms with van der Waals surface area (Å²) in [7, 11) is 1.87. The van der Waals surface area contributed by atoms with Gasteiger partial charge in [0.15, 0.2) is 0 Å². The zero-order chi connectivity index (χ0) is 12.2. The van der Waals surface area contributed by atoms with Crippen LogP contribution in [0.15, 0.2) is 24.3 Å². The van der Waals surface area contributed by atoms with Gasteiger partial charge in [-0.25, -0.2) is 0 Å². The molecule has 1 unspecified atom stereocenters. The number of benzene rings is 1. The molecule has 16 heavy (non-hydrogen) atoms. The molecule has 1 aromatic carbocycles. The highest BCUT2D eigenvalue weighted by atomic mass is 14.8. The van der Waals surface area contributed by atoms with E-state index in [0.717, 1.165) is 5.56 Å². The molecule has 86 valence electrons. The summed E-state index contributed by atoms with van der Waals surface area (Å²) in [5.41, 5.74) is 2.56. The van der Waals surface area contributed by atoms with Crippen LogP contribution in [0.2, 0.25) is 0 Å². The highest BCUT2D eigenvalue weighted by Gasteiger charge is 2.14. The van der Waals surface area contributed by atoms with Gasteiger partial charge >= 0.3 is 0 Å². The normalized spacial score (nSPS) is 13.2. The largest absolute Gasteiger partial charge is 0.318 e. The molecule has 1 N–H and O–H groups in total. The Hall–Kier alpha value is -1.33. The molecule has 0 aliphatic rings. The Kier molecular flexibility index (Phi) is 4.09. The molecule has 0 saturated carbocycles. The van der Waals surface area contributed by atoms with Crippen LogP contribution >= 0.6 is 0 Å².